The third kappa shape index (κ3) is 6.26. The lowest BCUT2D eigenvalue weighted by Crippen LogP contribution is -2.47. The lowest BCUT2D eigenvalue weighted by atomic mass is 10.1. The van der Waals surface area contributed by atoms with Gasteiger partial charge in [-0.25, -0.2) is 4.39 Å². The number of amides is 2. The van der Waals surface area contributed by atoms with E-state index in [2.05, 4.69) is 5.32 Å². The molecule has 1 N–H and O–H groups in total. The molecule has 2 rings (SSSR count). The molecule has 0 unspecified atom stereocenters. The highest BCUT2D eigenvalue weighted by molar-refractivity contribution is 7.99. The molecule has 0 aliphatic rings. The Morgan fingerprint density at radius 3 is 2.48 bits per heavy atom. The minimum atomic E-state index is -0.618. The Balaban J connectivity index is 2.04. The first-order valence-electron chi connectivity index (χ1n) is 8.49. The van der Waals surface area contributed by atoms with Crippen LogP contribution < -0.4 is 5.32 Å². The Hall–Kier alpha value is -2.05. The minimum absolute atomic E-state index is 0.156. The summed E-state index contributed by atoms with van der Waals surface area (Å²) in [4.78, 5) is 26.3. The van der Waals surface area contributed by atoms with Crippen molar-refractivity contribution in [3.63, 3.8) is 0 Å². The largest absolute Gasteiger partial charge is 0.357 e. The number of halogens is 2. The first kappa shape index (κ1) is 21.3. The smallest absolute Gasteiger partial charge is 0.242 e. The van der Waals surface area contributed by atoms with E-state index in [0.29, 0.717) is 22.9 Å². The van der Waals surface area contributed by atoms with Crippen molar-refractivity contribution in [1.82, 2.24) is 10.2 Å². The minimum Gasteiger partial charge on any atom is -0.357 e. The number of carbonyl (C=O) groups excluding carboxylic acids is 2. The van der Waals surface area contributed by atoms with Crippen LogP contribution in [0.3, 0.4) is 0 Å². The molecule has 27 heavy (non-hydrogen) atoms. The summed E-state index contributed by atoms with van der Waals surface area (Å²) in [5.41, 5.74) is 1.43. The number of nitrogens with one attached hydrogen (secondary N) is 1. The van der Waals surface area contributed by atoms with Crippen LogP contribution in [0.4, 0.5) is 4.39 Å². The number of nitrogens with zero attached hydrogens (tertiary/aromatic N) is 1. The van der Waals surface area contributed by atoms with Gasteiger partial charge in [0.1, 0.15) is 11.9 Å². The first-order valence-corrected chi connectivity index (χ1v) is 10.0. The Morgan fingerprint density at radius 2 is 1.85 bits per heavy atom. The van der Waals surface area contributed by atoms with Crippen LogP contribution in [0.1, 0.15) is 18.1 Å². The average Bonchev–Trinajstić information content (AvgIpc) is 2.67. The van der Waals surface area contributed by atoms with Crippen molar-refractivity contribution >= 4 is 35.2 Å². The van der Waals surface area contributed by atoms with Gasteiger partial charge >= 0.3 is 0 Å². The van der Waals surface area contributed by atoms with Gasteiger partial charge in [0.2, 0.25) is 11.8 Å². The fraction of sp³-hybridized carbons (Fsp3) is 0.300. The quantitative estimate of drug-likeness (QED) is 0.721. The molecule has 0 fully saturated rings. The zero-order chi connectivity index (χ0) is 19.8. The molecule has 0 aliphatic carbocycles. The first-order chi connectivity index (χ1) is 12.9. The Kier molecular flexibility index (Phi) is 8.13. The van der Waals surface area contributed by atoms with E-state index in [1.807, 2.05) is 12.1 Å². The maximum Gasteiger partial charge on any atom is 0.242 e. The summed E-state index contributed by atoms with van der Waals surface area (Å²) in [6.07, 6.45) is 0. The van der Waals surface area contributed by atoms with E-state index in [0.717, 1.165) is 5.56 Å². The maximum absolute atomic E-state index is 13.7. The number of benzene rings is 2. The number of hydrogen-bond donors (Lipinski definition) is 1. The van der Waals surface area contributed by atoms with Crippen LogP contribution in [0.25, 0.3) is 0 Å². The molecule has 0 saturated carbocycles. The van der Waals surface area contributed by atoms with Crippen LogP contribution in [0.2, 0.25) is 5.02 Å². The lowest BCUT2D eigenvalue weighted by molar-refractivity contribution is -0.138. The van der Waals surface area contributed by atoms with Crippen molar-refractivity contribution < 1.29 is 14.0 Å². The van der Waals surface area contributed by atoms with Gasteiger partial charge in [0.15, 0.2) is 0 Å². The third-order valence-electron chi connectivity index (χ3n) is 4.12. The van der Waals surface area contributed by atoms with Crippen LogP contribution in [-0.4, -0.2) is 35.6 Å². The van der Waals surface area contributed by atoms with E-state index in [9.17, 15) is 14.0 Å². The van der Waals surface area contributed by atoms with Gasteiger partial charge in [-0.1, -0.05) is 41.9 Å². The molecular weight excluding hydrogens is 387 g/mol. The highest BCUT2D eigenvalue weighted by Gasteiger charge is 2.25. The van der Waals surface area contributed by atoms with Gasteiger partial charge in [-0.2, -0.15) is 0 Å². The second-order valence-corrected chi connectivity index (χ2v) is 7.44. The molecule has 2 amide bonds. The van der Waals surface area contributed by atoms with Gasteiger partial charge in [0.05, 0.1) is 5.75 Å². The molecule has 4 nitrogen and oxygen atoms in total. The van der Waals surface area contributed by atoms with Gasteiger partial charge < -0.3 is 10.2 Å². The Bertz CT molecular complexity index is 786. The molecule has 144 valence electrons. The summed E-state index contributed by atoms with van der Waals surface area (Å²) in [5.74, 6) is -0.154. The van der Waals surface area contributed by atoms with Crippen LogP contribution in [0.5, 0.6) is 0 Å². The van der Waals surface area contributed by atoms with Crippen LogP contribution >= 0.6 is 23.4 Å². The van der Waals surface area contributed by atoms with E-state index in [1.54, 1.807) is 37.3 Å². The average molecular weight is 409 g/mol. The van der Waals surface area contributed by atoms with Gasteiger partial charge in [-0.15, -0.1) is 11.8 Å². The summed E-state index contributed by atoms with van der Waals surface area (Å²) in [6, 6.07) is 13.0. The molecule has 2 aromatic carbocycles. The van der Waals surface area contributed by atoms with E-state index in [-0.39, 0.29) is 23.4 Å². The SMILES string of the molecule is CNC(=O)[C@H](C)N(Cc1ccc(Cl)cc1)C(=O)CSCc1ccccc1F. The molecule has 2 aromatic rings. The zero-order valence-corrected chi connectivity index (χ0v) is 16.8. The zero-order valence-electron chi connectivity index (χ0n) is 15.2. The summed E-state index contributed by atoms with van der Waals surface area (Å²) in [5, 5.41) is 3.18. The van der Waals surface area contributed by atoms with Crippen molar-refractivity contribution in [2.45, 2.75) is 25.3 Å². The van der Waals surface area contributed by atoms with E-state index in [4.69, 9.17) is 11.6 Å². The van der Waals surface area contributed by atoms with Crippen molar-refractivity contribution in [2.24, 2.45) is 0 Å². The number of thioether (sulfide) groups is 1. The summed E-state index contributed by atoms with van der Waals surface area (Å²) >= 11 is 7.23. The molecule has 0 bridgehead atoms. The van der Waals surface area contributed by atoms with Crippen LogP contribution in [-0.2, 0) is 21.9 Å². The fourth-order valence-electron chi connectivity index (χ4n) is 2.52. The second-order valence-electron chi connectivity index (χ2n) is 6.02. The van der Waals surface area contributed by atoms with Crippen molar-refractivity contribution in [1.29, 1.82) is 0 Å². The number of likely N-dealkylation sites (N-methyl/N-ethyl adjacent to an activating group) is 1. The second kappa shape index (κ2) is 10.3. The number of carbonyl (C=O) groups is 2. The van der Waals surface area contributed by atoms with E-state index < -0.39 is 6.04 Å². The molecule has 1 atom stereocenters. The molecular formula is C20H22ClFN2O2S. The topological polar surface area (TPSA) is 49.4 Å². The third-order valence-corrected chi connectivity index (χ3v) is 5.34. The molecule has 0 heterocycles. The molecule has 0 spiro atoms. The molecule has 0 aliphatic heterocycles. The Morgan fingerprint density at radius 1 is 1.19 bits per heavy atom. The van der Waals surface area contributed by atoms with Crippen LogP contribution in [0.15, 0.2) is 48.5 Å². The Labute approximate surface area is 168 Å². The lowest BCUT2D eigenvalue weighted by Gasteiger charge is -2.28. The molecule has 0 aromatic heterocycles. The maximum atomic E-state index is 13.7. The number of hydrogen-bond acceptors (Lipinski definition) is 3. The molecule has 7 heteroatoms. The van der Waals surface area contributed by atoms with Gasteiger partial charge in [-0.3, -0.25) is 9.59 Å². The standard InChI is InChI=1S/C20H22ClFN2O2S/c1-14(20(26)23-2)24(11-15-7-9-17(21)10-8-15)19(25)13-27-12-16-5-3-4-6-18(16)22/h3-10,14H,11-13H2,1-2H3,(H,23,26)/t14-/m0/s1. The highest BCUT2D eigenvalue weighted by Crippen LogP contribution is 2.18. The van der Waals surface area contributed by atoms with Gasteiger partial charge in [0.25, 0.3) is 0 Å². The van der Waals surface area contributed by atoms with Crippen molar-refractivity contribution in [3.05, 3.63) is 70.5 Å². The van der Waals surface area contributed by atoms with Crippen molar-refractivity contribution in [2.75, 3.05) is 12.8 Å². The van der Waals surface area contributed by atoms with E-state index in [1.165, 1.54) is 29.8 Å². The molecule has 0 saturated heterocycles. The number of rotatable bonds is 8. The summed E-state index contributed by atoms with van der Waals surface area (Å²) < 4.78 is 13.7. The van der Waals surface area contributed by atoms with Gasteiger partial charge in [0, 0.05) is 24.4 Å². The predicted octanol–water partition coefficient (Wildman–Crippen LogP) is 3.88. The summed E-state index contributed by atoms with van der Waals surface area (Å²) in [7, 11) is 1.54. The summed E-state index contributed by atoms with van der Waals surface area (Å²) in [6.45, 7) is 1.99. The van der Waals surface area contributed by atoms with Crippen LogP contribution in [0, 0.1) is 5.82 Å². The van der Waals surface area contributed by atoms with Crippen molar-refractivity contribution in [3.8, 4) is 0 Å². The highest BCUT2D eigenvalue weighted by atomic mass is 35.5. The predicted molar refractivity (Wildman–Crippen MR) is 108 cm³/mol. The fourth-order valence-corrected chi connectivity index (χ4v) is 3.55. The normalized spacial score (nSPS) is 11.7. The van der Waals surface area contributed by atoms with E-state index >= 15 is 0 Å². The van der Waals surface area contributed by atoms with Gasteiger partial charge in [-0.05, 0) is 36.2 Å². The molecule has 0 radical (unpaired) electrons. The monoisotopic (exact) mass is 408 g/mol.